The number of aryl methyl sites for hydroxylation is 1. The van der Waals surface area contributed by atoms with Gasteiger partial charge in [-0.15, -0.1) is 0 Å². The number of carbonyl (C=O) groups is 1. The topological polar surface area (TPSA) is 59.2 Å². The minimum absolute atomic E-state index is 0.122. The molecule has 0 N–H and O–H groups in total. The van der Waals surface area contributed by atoms with Gasteiger partial charge in [0.1, 0.15) is 0 Å². The number of hydrogen-bond donors (Lipinski definition) is 0. The first-order chi connectivity index (χ1) is 11.3. The maximum atomic E-state index is 12.5. The van der Waals surface area contributed by atoms with Gasteiger partial charge < -0.3 is 9.42 Å². The van der Waals surface area contributed by atoms with Crippen molar-refractivity contribution in [2.45, 2.75) is 46.5 Å². The number of nitrogens with zero attached hydrogens (tertiary/aromatic N) is 3. The Kier molecular flexibility index (Phi) is 4.43. The van der Waals surface area contributed by atoms with Gasteiger partial charge in [-0.05, 0) is 19.8 Å². The Morgan fingerprint density at radius 3 is 2.62 bits per heavy atom. The highest BCUT2D eigenvalue weighted by Crippen LogP contribution is 2.30. The van der Waals surface area contributed by atoms with Crippen molar-refractivity contribution >= 4 is 5.91 Å². The zero-order chi connectivity index (χ0) is 17.3. The molecule has 24 heavy (non-hydrogen) atoms. The lowest BCUT2D eigenvalue weighted by molar-refractivity contribution is -0.140. The van der Waals surface area contributed by atoms with Crippen molar-refractivity contribution in [2.24, 2.45) is 5.41 Å². The summed E-state index contributed by atoms with van der Waals surface area (Å²) < 4.78 is 5.50. The highest BCUT2D eigenvalue weighted by Gasteiger charge is 2.33. The van der Waals surface area contributed by atoms with Crippen molar-refractivity contribution in [3.63, 3.8) is 0 Å². The van der Waals surface area contributed by atoms with E-state index in [-0.39, 0.29) is 17.2 Å². The van der Waals surface area contributed by atoms with Gasteiger partial charge in [0.05, 0.1) is 5.92 Å². The Morgan fingerprint density at radius 2 is 1.96 bits per heavy atom. The van der Waals surface area contributed by atoms with Gasteiger partial charge in [0.15, 0.2) is 0 Å². The molecule has 0 bridgehead atoms. The number of benzene rings is 1. The van der Waals surface area contributed by atoms with Gasteiger partial charge in [-0.2, -0.15) is 4.98 Å². The van der Waals surface area contributed by atoms with Crippen LogP contribution in [0, 0.1) is 12.3 Å². The van der Waals surface area contributed by atoms with Gasteiger partial charge in [0.25, 0.3) is 0 Å². The standard InChI is InChI=1S/C19H25N3O2/c1-13-7-9-14(10-8-13)16-20-17(24-21-16)15-6-5-11-22(12-15)18(23)19(2,3)4/h7-10,15H,5-6,11-12H2,1-4H3. The molecule has 1 aliphatic rings. The van der Waals surface area contributed by atoms with E-state index in [2.05, 4.69) is 10.1 Å². The van der Waals surface area contributed by atoms with Gasteiger partial charge in [0.2, 0.25) is 17.6 Å². The molecule has 0 aliphatic carbocycles. The Hall–Kier alpha value is -2.17. The molecule has 1 aromatic heterocycles. The van der Waals surface area contributed by atoms with E-state index in [1.54, 1.807) is 0 Å². The molecule has 0 spiro atoms. The van der Waals surface area contributed by atoms with E-state index in [1.807, 2.05) is 56.9 Å². The van der Waals surface area contributed by atoms with E-state index >= 15 is 0 Å². The van der Waals surface area contributed by atoms with Gasteiger partial charge in [-0.3, -0.25) is 4.79 Å². The lowest BCUT2D eigenvalue weighted by atomic mass is 9.91. The molecule has 2 aromatic rings. The van der Waals surface area contributed by atoms with Crippen LogP contribution in [0.3, 0.4) is 0 Å². The maximum Gasteiger partial charge on any atom is 0.231 e. The molecule has 5 heteroatoms. The minimum Gasteiger partial charge on any atom is -0.341 e. The van der Waals surface area contributed by atoms with Crippen LogP contribution in [0.25, 0.3) is 11.4 Å². The number of hydrogen-bond acceptors (Lipinski definition) is 4. The SMILES string of the molecule is Cc1ccc(-c2noc(C3CCCN(C(=O)C(C)(C)C)C3)n2)cc1. The largest absolute Gasteiger partial charge is 0.341 e. The fourth-order valence-corrected chi connectivity index (χ4v) is 3.06. The molecule has 128 valence electrons. The van der Waals surface area contributed by atoms with Gasteiger partial charge in [-0.25, -0.2) is 0 Å². The highest BCUT2D eigenvalue weighted by atomic mass is 16.5. The fourth-order valence-electron chi connectivity index (χ4n) is 3.06. The Bertz CT molecular complexity index is 713. The minimum atomic E-state index is -0.357. The summed E-state index contributed by atoms with van der Waals surface area (Å²) in [7, 11) is 0. The molecule has 1 saturated heterocycles. The summed E-state index contributed by atoms with van der Waals surface area (Å²) in [5.41, 5.74) is 1.80. The summed E-state index contributed by atoms with van der Waals surface area (Å²) in [6, 6.07) is 8.08. The van der Waals surface area contributed by atoms with E-state index in [4.69, 9.17) is 4.52 Å². The Balaban J connectivity index is 1.75. The monoisotopic (exact) mass is 327 g/mol. The zero-order valence-electron chi connectivity index (χ0n) is 14.9. The van der Waals surface area contributed by atoms with Crippen LogP contribution in [-0.4, -0.2) is 34.0 Å². The number of amides is 1. The molecule has 1 amide bonds. The molecule has 2 heterocycles. The molecule has 1 atom stereocenters. The first-order valence-corrected chi connectivity index (χ1v) is 8.54. The van der Waals surface area contributed by atoms with E-state index in [1.165, 1.54) is 5.56 Å². The van der Waals surface area contributed by atoms with Crippen LogP contribution in [0.1, 0.15) is 51.0 Å². The molecular weight excluding hydrogens is 302 g/mol. The molecule has 0 saturated carbocycles. The summed E-state index contributed by atoms with van der Waals surface area (Å²) >= 11 is 0. The van der Waals surface area contributed by atoms with Crippen molar-refractivity contribution in [2.75, 3.05) is 13.1 Å². The van der Waals surface area contributed by atoms with Crippen LogP contribution in [0.2, 0.25) is 0 Å². The molecule has 1 aromatic carbocycles. The van der Waals surface area contributed by atoms with E-state index < -0.39 is 0 Å². The van der Waals surface area contributed by atoms with Crippen LogP contribution < -0.4 is 0 Å². The van der Waals surface area contributed by atoms with Crippen molar-refractivity contribution in [1.29, 1.82) is 0 Å². The van der Waals surface area contributed by atoms with Gasteiger partial charge >= 0.3 is 0 Å². The second kappa shape index (κ2) is 6.38. The van der Waals surface area contributed by atoms with Crippen LogP contribution in [-0.2, 0) is 4.79 Å². The number of likely N-dealkylation sites (tertiary alicyclic amines) is 1. The third-order valence-electron chi connectivity index (χ3n) is 4.45. The molecule has 0 radical (unpaired) electrons. The third kappa shape index (κ3) is 3.50. The average Bonchev–Trinajstić information content (AvgIpc) is 3.04. The summed E-state index contributed by atoms with van der Waals surface area (Å²) in [4.78, 5) is 19.0. The van der Waals surface area contributed by atoms with Crippen LogP contribution in [0.4, 0.5) is 0 Å². The van der Waals surface area contributed by atoms with Crippen molar-refractivity contribution in [3.05, 3.63) is 35.7 Å². The van der Waals surface area contributed by atoms with E-state index in [0.29, 0.717) is 18.3 Å². The quantitative estimate of drug-likeness (QED) is 0.842. The molecule has 1 unspecified atom stereocenters. The summed E-state index contributed by atoms with van der Waals surface area (Å²) in [5.74, 6) is 1.56. The predicted molar refractivity (Wildman–Crippen MR) is 92.5 cm³/mol. The molecular formula is C19H25N3O2. The third-order valence-corrected chi connectivity index (χ3v) is 4.45. The second-order valence-electron chi connectivity index (χ2n) is 7.66. The Morgan fingerprint density at radius 1 is 1.25 bits per heavy atom. The van der Waals surface area contributed by atoms with Crippen LogP contribution >= 0.6 is 0 Å². The van der Waals surface area contributed by atoms with Gasteiger partial charge in [-0.1, -0.05) is 55.8 Å². The molecule has 5 nitrogen and oxygen atoms in total. The Labute approximate surface area is 143 Å². The number of carbonyl (C=O) groups excluding carboxylic acids is 1. The first kappa shape index (κ1) is 16.7. The molecule has 1 aliphatic heterocycles. The lowest BCUT2D eigenvalue weighted by Crippen LogP contribution is -2.44. The molecule has 1 fully saturated rings. The summed E-state index contributed by atoms with van der Waals surface area (Å²) in [5, 5.41) is 4.12. The normalized spacial score (nSPS) is 18.7. The number of rotatable bonds is 2. The number of piperidine rings is 1. The van der Waals surface area contributed by atoms with Crippen LogP contribution in [0.15, 0.2) is 28.8 Å². The maximum absolute atomic E-state index is 12.5. The molecule has 3 rings (SSSR count). The average molecular weight is 327 g/mol. The van der Waals surface area contributed by atoms with Crippen molar-refractivity contribution in [3.8, 4) is 11.4 Å². The second-order valence-corrected chi connectivity index (χ2v) is 7.66. The van der Waals surface area contributed by atoms with Crippen molar-refractivity contribution in [1.82, 2.24) is 15.0 Å². The predicted octanol–water partition coefficient (Wildman–Crippen LogP) is 3.80. The summed E-state index contributed by atoms with van der Waals surface area (Å²) in [6.07, 6.45) is 1.94. The fraction of sp³-hybridized carbons (Fsp3) is 0.526. The van der Waals surface area contributed by atoms with Crippen molar-refractivity contribution < 1.29 is 9.32 Å². The van der Waals surface area contributed by atoms with Gasteiger partial charge in [0, 0.05) is 24.1 Å². The smallest absolute Gasteiger partial charge is 0.231 e. The van der Waals surface area contributed by atoms with E-state index in [9.17, 15) is 4.79 Å². The lowest BCUT2D eigenvalue weighted by Gasteiger charge is -2.35. The first-order valence-electron chi connectivity index (χ1n) is 8.54. The van der Waals surface area contributed by atoms with E-state index in [0.717, 1.165) is 24.9 Å². The number of aromatic nitrogens is 2. The van der Waals surface area contributed by atoms with Crippen LogP contribution in [0.5, 0.6) is 0 Å². The summed E-state index contributed by atoms with van der Waals surface area (Å²) in [6.45, 7) is 9.40. The zero-order valence-corrected chi connectivity index (χ0v) is 14.9. The highest BCUT2D eigenvalue weighted by molar-refractivity contribution is 5.81.